The van der Waals surface area contributed by atoms with Gasteiger partial charge in [-0.1, -0.05) is 48.0 Å². The number of hydrogen-bond donors (Lipinski definition) is 0. The van der Waals surface area contributed by atoms with Gasteiger partial charge in [0.05, 0.1) is 12.7 Å². The number of aromatic nitrogens is 2. The van der Waals surface area contributed by atoms with Gasteiger partial charge in [-0.2, -0.15) is 5.10 Å². The van der Waals surface area contributed by atoms with E-state index in [-0.39, 0.29) is 12.4 Å². The predicted molar refractivity (Wildman–Crippen MR) is 79.3 cm³/mol. The van der Waals surface area contributed by atoms with E-state index in [0.717, 1.165) is 0 Å². The summed E-state index contributed by atoms with van der Waals surface area (Å²) in [7, 11) is 0. The van der Waals surface area contributed by atoms with Crippen LogP contribution >= 0.6 is 11.6 Å². The van der Waals surface area contributed by atoms with E-state index in [9.17, 15) is 4.39 Å². The Hall–Kier alpha value is -2.33. The van der Waals surface area contributed by atoms with Crippen LogP contribution < -0.4 is 4.74 Å². The fourth-order valence-corrected chi connectivity index (χ4v) is 2.13. The van der Waals surface area contributed by atoms with Crippen LogP contribution in [0.15, 0.2) is 60.8 Å². The van der Waals surface area contributed by atoms with Gasteiger partial charge in [-0.15, -0.1) is 0 Å². The van der Waals surface area contributed by atoms with Gasteiger partial charge in [-0.3, -0.25) is 0 Å². The minimum absolute atomic E-state index is 0.254. The molecule has 106 valence electrons. The van der Waals surface area contributed by atoms with Gasteiger partial charge in [0.25, 0.3) is 0 Å². The Bertz CT molecular complexity index is 743. The Morgan fingerprint density at radius 1 is 1.05 bits per heavy atom. The van der Waals surface area contributed by atoms with E-state index in [1.807, 2.05) is 30.3 Å². The van der Waals surface area contributed by atoms with Crippen LogP contribution in [-0.4, -0.2) is 9.78 Å². The van der Waals surface area contributed by atoms with Crippen LogP contribution in [0.1, 0.15) is 5.56 Å². The minimum atomic E-state index is -0.283. The summed E-state index contributed by atoms with van der Waals surface area (Å²) in [5.41, 5.74) is 0.522. The van der Waals surface area contributed by atoms with Crippen molar-refractivity contribution in [3.63, 3.8) is 0 Å². The molecule has 3 nitrogen and oxygen atoms in total. The SMILES string of the molecule is Fc1ccccc1Cn1ncc(Oc2ccccc2)c1Cl. The van der Waals surface area contributed by atoms with Crippen molar-refractivity contribution in [2.75, 3.05) is 0 Å². The van der Waals surface area contributed by atoms with Gasteiger partial charge in [-0.25, -0.2) is 9.07 Å². The zero-order valence-electron chi connectivity index (χ0n) is 11.0. The summed E-state index contributed by atoms with van der Waals surface area (Å²) in [5, 5.41) is 4.48. The fourth-order valence-electron chi connectivity index (χ4n) is 1.94. The Morgan fingerprint density at radius 3 is 2.52 bits per heavy atom. The van der Waals surface area contributed by atoms with Crippen LogP contribution in [0.2, 0.25) is 5.15 Å². The molecule has 5 heteroatoms. The molecule has 0 aliphatic rings. The molecule has 0 radical (unpaired) electrons. The van der Waals surface area contributed by atoms with Crippen LogP contribution in [0.3, 0.4) is 0 Å². The first kappa shape index (κ1) is 13.6. The minimum Gasteiger partial charge on any atom is -0.452 e. The predicted octanol–water partition coefficient (Wildman–Crippen LogP) is 4.52. The molecule has 1 aromatic heterocycles. The average Bonchev–Trinajstić information content (AvgIpc) is 2.84. The lowest BCUT2D eigenvalue weighted by Gasteiger charge is -2.06. The molecule has 0 aliphatic heterocycles. The summed E-state index contributed by atoms with van der Waals surface area (Å²) < 4.78 is 20.8. The Kier molecular flexibility index (Phi) is 3.88. The lowest BCUT2D eigenvalue weighted by atomic mass is 10.2. The zero-order valence-corrected chi connectivity index (χ0v) is 11.8. The lowest BCUT2D eigenvalue weighted by Crippen LogP contribution is -2.03. The van der Waals surface area contributed by atoms with Crippen molar-refractivity contribution in [3.8, 4) is 11.5 Å². The third-order valence-corrected chi connectivity index (χ3v) is 3.37. The van der Waals surface area contributed by atoms with E-state index >= 15 is 0 Å². The second-order valence-corrected chi connectivity index (χ2v) is 4.82. The van der Waals surface area contributed by atoms with E-state index in [0.29, 0.717) is 22.2 Å². The van der Waals surface area contributed by atoms with Crippen molar-refractivity contribution in [1.82, 2.24) is 9.78 Å². The molecule has 0 spiro atoms. The van der Waals surface area contributed by atoms with E-state index in [4.69, 9.17) is 16.3 Å². The third kappa shape index (κ3) is 3.06. The number of ether oxygens (including phenoxy) is 1. The molecule has 0 amide bonds. The summed E-state index contributed by atoms with van der Waals surface area (Å²) in [6.07, 6.45) is 1.52. The Morgan fingerprint density at radius 2 is 1.76 bits per heavy atom. The number of halogens is 2. The highest BCUT2D eigenvalue weighted by Crippen LogP contribution is 2.29. The molecule has 0 saturated carbocycles. The topological polar surface area (TPSA) is 27.1 Å². The summed E-state index contributed by atoms with van der Waals surface area (Å²) in [4.78, 5) is 0. The number of benzene rings is 2. The zero-order chi connectivity index (χ0) is 14.7. The highest BCUT2D eigenvalue weighted by molar-refractivity contribution is 6.31. The number of nitrogens with zero attached hydrogens (tertiary/aromatic N) is 2. The molecular formula is C16H12ClFN2O. The van der Waals surface area contributed by atoms with Crippen molar-refractivity contribution in [3.05, 3.63) is 77.3 Å². The maximum atomic E-state index is 13.6. The second-order valence-electron chi connectivity index (χ2n) is 4.46. The van der Waals surface area contributed by atoms with Crippen molar-refractivity contribution in [1.29, 1.82) is 0 Å². The van der Waals surface area contributed by atoms with E-state index in [1.54, 1.807) is 18.2 Å². The molecule has 0 unspecified atom stereocenters. The number of hydrogen-bond acceptors (Lipinski definition) is 2. The van der Waals surface area contributed by atoms with Gasteiger partial charge in [0.2, 0.25) is 0 Å². The van der Waals surface area contributed by atoms with Crippen molar-refractivity contribution in [2.45, 2.75) is 6.54 Å². The van der Waals surface area contributed by atoms with Crippen LogP contribution in [0, 0.1) is 5.82 Å². The molecule has 0 saturated heterocycles. The second kappa shape index (κ2) is 5.97. The molecule has 0 fully saturated rings. The molecule has 0 atom stereocenters. The van der Waals surface area contributed by atoms with Crippen molar-refractivity contribution < 1.29 is 9.13 Å². The fraction of sp³-hybridized carbons (Fsp3) is 0.0625. The molecule has 0 N–H and O–H groups in total. The van der Waals surface area contributed by atoms with Crippen LogP contribution in [0.5, 0.6) is 11.5 Å². The smallest absolute Gasteiger partial charge is 0.184 e. The van der Waals surface area contributed by atoms with Crippen molar-refractivity contribution in [2.24, 2.45) is 0 Å². The van der Waals surface area contributed by atoms with Gasteiger partial charge < -0.3 is 4.74 Å². The average molecular weight is 303 g/mol. The van der Waals surface area contributed by atoms with Crippen LogP contribution in [-0.2, 0) is 6.54 Å². The van der Waals surface area contributed by atoms with Gasteiger partial charge in [-0.05, 0) is 18.2 Å². The largest absolute Gasteiger partial charge is 0.452 e. The summed E-state index contributed by atoms with van der Waals surface area (Å²) in [6, 6.07) is 15.8. The first-order valence-electron chi connectivity index (χ1n) is 6.41. The molecule has 3 aromatic rings. The highest BCUT2D eigenvalue weighted by atomic mass is 35.5. The molecule has 21 heavy (non-hydrogen) atoms. The monoisotopic (exact) mass is 302 g/mol. The van der Waals surface area contributed by atoms with Gasteiger partial charge in [0.15, 0.2) is 10.9 Å². The van der Waals surface area contributed by atoms with Crippen LogP contribution in [0.4, 0.5) is 4.39 Å². The lowest BCUT2D eigenvalue weighted by molar-refractivity contribution is 0.481. The number of para-hydroxylation sites is 1. The summed E-state index contributed by atoms with van der Waals surface area (Å²) >= 11 is 6.23. The number of rotatable bonds is 4. The Balaban J connectivity index is 1.81. The summed E-state index contributed by atoms with van der Waals surface area (Å²) in [5.74, 6) is 0.832. The standard InChI is InChI=1S/C16H12ClFN2O/c17-16-15(21-13-7-2-1-3-8-13)10-19-20(16)11-12-6-4-5-9-14(12)18/h1-10H,11H2. The third-order valence-electron chi connectivity index (χ3n) is 2.99. The van der Waals surface area contributed by atoms with Crippen molar-refractivity contribution >= 4 is 11.6 Å². The maximum absolute atomic E-state index is 13.6. The molecular weight excluding hydrogens is 291 g/mol. The molecule has 0 bridgehead atoms. The Labute approximate surface area is 126 Å². The van der Waals surface area contributed by atoms with E-state index in [1.165, 1.54) is 16.9 Å². The van der Waals surface area contributed by atoms with Gasteiger partial charge in [0, 0.05) is 5.56 Å². The maximum Gasteiger partial charge on any atom is 0.184 e. The molecule has 2 aromatic carbocycles. The van der Waals surface area contributed by atoms with Crippen LogP contribution in [0.25, 0.3) is 0 Å². The van der Waals surface area contributed by atoms with E-state index < -0.39 is 0 Å². The van der Waals surface area contributed by atoms with E-state index in [2.05, 4.69) is 5.10 Å². The molecule has 1 heterocycles. The first-order valence-corrected chi connectivity index (χ1v) is 6.79. The first-order chi connectivity index (χ1) is 10.2. The van der Waals surface area contributed by atoms with Gasteiger partial charge in [0.1, 0.15) is 11.6 Å². The normalized spacial score (nSPS) is 10.6. The molecule has 0 aliphatic carbocycles. The van der Waals surface area contributed by atoms with Gasteiger partial charge >= 0.3 is 0 Å². The quantitative estimate of drug-likeness (QED) is 0.708. The summed E-state index contributed by atoms with van der Waals surface area (Å²) in [6.45, 7) is 0.254. The molecule has 3 rings (SSSR count). The highest BCUT2D eigenvalue weighted by Gasteiger charge is 2.12.